The summed E-state index contributed by atoms with van der Waals surface area (Å²) < 4.78 is 31.2. The molecule has 8 nitrogen and oxygen atoms in total. The minimum atomic E-state index is -3.69. The average molecular weight is 400 g/mol. The highest BCUT2D eigenvalue weighted by Gasteiger charge is 2.22. The number of hydrogen-bond acceptors (Lipinski definition) is 5. The minimum Gasteiger partial charge on any atom is -0.439 e. The molecule has 10 heteroatoms. The summed E-state index contributed by atoms with van der Waals surface area (Å²) in [6, 6.07) is 8.29. The van der Waals surface area contributed by atoms with Crippen LogP contribution in [0.1, 0.15) is 34.8 Å². The summed E-state index contributed by atoms with van der Waals surface area (Å²) in [7, 11) is -3.69. The standard InChI is InChI=1S/C16H18ClN3O5S/c1-3-20(4-2)26(23,24)12-7-5-6-11(10-12)15(21)18-19-16(22)13-8-9-14(17)25-13/h5-10H,3-4H2,1-2H3,(H,18,21)(H,19,22). The molecule has 0 aliphatic carbocycles. The zero-order valence-electron chi connectivity index (χ0n) is 14.2. The first-order valence-corrected chi connectivity index (χ1v) is 9.57. The van der Waals surface area contributed by atoms with Crippen molar-refractivity contribution in [3.8, 4) is 0 Å². The van der Waals surface area contributed by atoms with E-state index in [2.05, 4.69) is 10.9 Å². The maximum atomic E-state index is 12.5. The van der Waals surface area contributed by atoms with Gasteiger partial charge in [-0.2, -0.15) is 4.31 Å². The second-order valence-corrected chi connectivity index (χ2v) is 7.44. The summed E-state index contributed by atoms with van der Waals surface area (Å²) >= 11 is 5.58. The molecule has 1 aromatic carbocycles. The van der Waals surface area contributed by atoms with E-state index >= 15 is 0 Å². The maximum Gasteiger partial charge on any atom is 0.305 e. The molecule has 2 N–H and O–H groups in total. The van der Waals surface area contributed by atoms with Crippen LogP contribution in [-0.2, 0) is 10.0 Å². The van der Waals surface area contributed by atoms with Gasteiger partial charge >= 0.3 is 5.91 Å². The van der Waals surface area contributed by atoms with E-state index in [1.807, 2.05) is 0 Å². The fraction of sp³-hybridized carbons (Fsp3) is 0.250. The molecule has 0 saturated carbocycles. The smallest absolute Gasteiger partial charge is 0.305 e. The summed E-state index contributed by atoms with van der Waals surface area (Å²) in [6.45, 7) is 4.09. The van der Waals surface area contributed by atoms with E-state index in [-0.39, 0.29) is 21.4 Å². The number of hydrazine groups is 1. The first-order chi connectivity index (χ1) is 12.3. The number of rotatable bonds is 6. The minimum absolute atomic E-state index is 0.00186. The quantitative estimate of drug-likeness (QED) is 0.722. The van der Waals surface area contributed by atoms with Gasteiger partial charge in [-0.25, -0.2) is 8.42 Å². The monoisotopic (exact) mass is 399 g/mol. The van der Waals surface area contributed by atoms with Gasteiger partial charge < -0.3 is 4.42 Å². The molecule has 0 aliphatic heterocycles. The normalized spacial score (nSPS) is 11.4. The first kappa shape index (κ1) is 20.0. The van der Waals surface area contributed by atoms with Crippen LogP contribution in [0.15, 0.2) is 45.7 Å². The molecule has 0 radical (unpaired) electrons. The summed E-state index contributed by atoms with van der Waals surface area (Å²) in [5.41, 5.74) is 4.44. The second-order valence-electron chi connectivity index (χ2n) is 5.13. The van der Waals surface area contributed by atoms with Crippen molar-refractivity contribution in [2.24, 2.45) is 0 Å². The molecule has 26 heavy (non-hydrogen) atoms. The summed E-state index contributed by atoms with van der Waals surface area (Å²) in [4.78, 5) is 24.0. The molecule has 140 valence electrons. The van der Waals surface area contributed by atoms with Crippen LogP contribution >= 0.6 is 11.6 Å². The largest absolute Gasteiger partial charge is 0.439 e. The van der Waals surface area contributed by atoms with E-state index in [0.717, 1.165) is 0 Å². The predicted molar refractivity (Wildman–Crippen MR) is 95.2 cm³/mol. The van der Waals surface area contributed by atoms with E-state index in [9.17, 15) is 18.0 Å². The van der Waals surface area contributed by atoms with Crippen LogP contribution in [0.2, 0.25) is 5.22 Å². The lowest BCUT2D eigenvalue weighted by Gasteiger charge is -2.18. The number of sulfonamides is 1. The Morgan fingerprint density at radius 2 is 1.73 bits per heavy atom. The zero-order valence-corrected chi connectivity index (χ0v) is 15.7. The molecule has 0 bridgehead atoms. The third-order valence-electron chi connectivity index (χ3n) is 3.53. The lowest BCUT2D eigenvalue weighted by Crippen LogP contribution is -2.41. The number of furan rings is 1. The molecular formula is C16H18ClN3O5S. The van der Waals surface area contributed by atoms with Crippen molar-refractivity contribution in [1.82, 2.24) is 15.2 Å². The fourth-order valence-corrected chi connectivity index (χ4v) is 3.84. The number of amides is 2. The van der Waals surface area contributed by atoms with Gasteiger partial charge in [-0.1, -0.05) is 19.9 Å². The number of hydrogen-bond donors (Lipinski definition) is 2. The fourth-order valence-electron chi connectivity index (χ4n) is 2.19. The number of benzene rings is 1. The van der Waals surface area contributed by atoms with Gasteiger partial charge in [0.05, 0.1) is 4.90 Å². The van der Waals surface area contributed by atoms with Crippen LogP contribution in [-0.4, -0.2) is 37.6 Å². The van der Waals surface area contributed by atoms with Crippen LogP contribution in [0, 0.1) is 0 Å². The van der Waals surface area contributed by atoms with E-state index < -0.39 is 21.8 Å². The zero-order chi connectivity index (χ0) is 19.3. The molecule has 2 aromatic rings. The summed E-state index contributed by atoms with van der Waals surface area (Å²) in [5, 5.41) is 0.0378. The third-order valence-corrected chi connectivity index (χ3v) is 5.77. The molecule has 1 heterocycles. The lowest BCUT2D eigenvalue weighted by atomic mass is 10.2. The van der Waals surface area contributed by atoms with Crippen molar-refractivity contribution >= 4 is 33.4 Å². The van der Waals surface area contributed by atoms with Gasteiger partial charge in [0.15, 0.2) is 11.0 Å². The SMILES string of the molecule is CCN(CC)S(=O)(=O)c1cccc(C(=O)NNC(=O)c2ccc(Cl)o2)c1. The molecule has 2 rings (SSSR count). The van der Waals surface area contributed by atoms with Crippen molar-refractivity contribution in [1.29, 1.82) is 0 Å². The Balaban J connectivity index is 2.12. The number of carbonyl (C=O) groups excluding carboxylic acids is 2. The molecule has 0 unspecified atom stereocenters. The Bertz CT molecular complexity index is 906. The highest BCUT2D eigenvalue weighted by Crippen LogP contribution is 2.17. The number of halogens is 1. The molecule has 0 atom stereocenters. The predicted octanol–water partition coefficient (Wildman–Crippen LogP) is 2.04. The Labute approximate surface area is 156 Å². The van der Waals surface area contributed by atoms with E-state index in [1.165, 1.54) is 40.7 Å². The maximum absolute atomic E-state index is 12.5. The van der Waals surface area contributed by atoms with E-state index in [4.69, 9.17) is 16.0 Å². The molecule has 2 amide bonds. The van der Waals surface area contributed by atoms with Gasteiger partial charge in [0.25, 0.3) is 5.91 Å². The van der Waals surface area contributed by atoms with Crippen molar-refractivity contribution in [3.63, 3.8) is 0 Å². The van der Waals surface area contributed by atoms with Gasteiger partial charge in [0.2, 0.25) is 10.0 Å². The molecule has 0 fully saturated rings. The van der Waals surface area contributed by atoms with Crippen LogP contribution < -0.4 is 10.9 Å². The molecule has 0 aliphatic rings. The third kappa shape index (κ3) is 4.43. The van der Waals surface area contributed by atoms with Crippen molar-refractivity contribution in [2.75, 3.05) is 13.1 Å². The van der Waals surface area contributed by atoms with Gasteiger partial charge in [-0.15, -0.1) is 0 Å². The average Bonchev–Trinajstić information content (AvgIpc) is 3.07. The van der Waals surface area contributed by atoms with Crippen LogP contribution in [0.25, 0.3) is 0 Å². The van der Waals surface area contributed by atoms with Gasteiger partial charge in [0.1, 0.15) is 0 Å². The Kier molecular flexibility index (Phi) is 6.41. The van der Waals surface area contributed by atoms with E-state index in [0.29, 0.717) is 13.1 Å². The van der Waals surface area contributed by atoms with Crippen molar-refractivity contribution in [2.45, 2.75) is 18.7 Å². The second kappa shape index (κ2) is 8.35. The topological polar surface area (TPSA) is 109 Å². The molecule has 0 saturated heterocycles. The van der Waals surface area contributed by atoms with Crippen molar-refractivity contribution < 1.29 is 22.4 Å². The number of carbonyl (C=O) groups is 2. The van der Waals surface area contributed by atoms with Gasteiger partial charge in [0, 0.05) is 18.7 Å². The van der Waals surface area contributed by atoms with Gasteiger partial charge in [-0.05, 0) is 41.9 Å². The highest BCUT2D eigenvalue weighted by atomic mass is 35.5. The van der Waals surface area contributed by atoms with Crippen LogP contribution in [0.4, 0.5) is 0 Å². The Hall–Kier alpha value is -2.36. The highest BCUT2D eigenvalue weighted by molar-refractivity contribution is 7.89. The lowest BCUT2D eigenvalue weighted by molar-refractivity contribution is 0.0831. The Morgan fingerprint density at radius 3 is 2.31 bits per heavy atom. The van der Waals surface area contributed by atoms with Gasteiger partial charge in [-0.3, -0.25) is 20.4 Å². The summed E-state index contributed by atoms with van der Waals surface area (Å²) in [6.07, 6.45) is 0. The van der Waals surface area contributed by atoms with E-state index in [1.54, 1.807) is 13.8 Å². The number of nitrogens with zero attached hydrogens (tertiary/aromatic N) is 1. The first-order valence-electron chi connectivity index (χ1n) is 7.75. The molecular weight excluding hydrogens is 382 g/mol. The number of nitrogens with one attached hydrogen (secondary N) is 2. The van der Waals surface area contributed by atoms with Crippen LogP contribution in [0.3, 0.4) is 0 Å². The van der Waals surface area contributed by atoms with Crippen LogP contribution in [0.5, 0.6) is 0 Å². The summed E-state index contributed by atoms with van der Waals surface area (Å²) in [5.74, 6) is -1.45. The molecule has 0 spiro atoms. The Morgan fingerprint density at radius 1 is 1.08 bits per heavy atom. The molecule has 1 aromatic heterocycles. The van der Waals surface area contributed by atoms with Crippen molar-refractivity contribution in [3.05, 3.63) is 52.9 Å².